The molecule has 0 aliphatic carbocycles. The largest absolute Gasteiger partial charge is 0.368 e. The van der Waals surface area contributed by atoms with E-state index in [-0.39, 0.29) is 5.91 Å². The second-order valence-corrected chi connectivity index (χ2v) is 6.14. The highest BCUT2D eigenvalue weighted by atomic mass is 16.5. The molecule has 7 heteroatoms. The Morgan fingerprint density at radius 2 is 1.83 bits per heavy atom. The molecule has 3 N–H and O–H groups in total. The van der Waals surface area contributed by atoms with E-state index in [1.165, 1.54) is 0 Å². The zero-order valence-electron chi connectivity index (χ0n) is 13.5. The summed E-state index contributed by atoms with van der Waals surface area (Å²) in [5, 5.41) is 12.0. The zero-order chi connectivity index (χ0) is 16.9. The molecule has 2 atom stereocenters. The van der Waals surface area contributed by atoms with Gasteiger partial charge >= 0.3 is 0 Å². The number of nitrogens with one attached hydrogen (secondary N) is 2. The molecule has 0 aromatic heterocycles. The van der Waals surface area contributed by atoms with E-state index >= 15 is 0 Å². The van der Waals surface area contributed by atoms with Gasteiger partial charge in [0.1, 0.15) is 0 Å². The summed E-state index contributed by atoms with van der Waals surface area (Å²) in [5.41, 5.74) is 2.83. The van der Waals surface area contributed by atoms with Crippen LogP contribution in [0.4, 0.5) is 5.69 Å². The van der Waals surface area contributed by atoms with Crippen molar-refractivity contribution < 1.29 is 14.8 Å². The predicted octanol–water partition coefficient (Wildman–Crippen LogP) is 0.0230. The van der Waals surface area contributed by atoms with E-state index in [9.17, 15) is 9.59 Å². The molecule has 2 saturated heterocycles. The summed E-state index contributed by atoms with van der Waals surface area (Å²) >= 11 is 0. The van der Waals surface area contributed by atoms with Gasteiger partial charge in [-0.2, -0.15) is 0 Å². The van der Waals surface area contributed by atoms with Gasteiger partial charge in [0.05, 0.1) is 12.0 Å². The molecule has 7 nitrogen and oxygen atoms in total. The third-order valence-corrected chi connectivity index (χ3v) is 4.73. The number of nitrogens with zero attached hydrogens (tertiary/aromatic N) is 2. The first-order chi connectivity index (χ1) is 11.7. The smallest absolute Gasteiger partial charge is 0.248 e. The number of piperazine rings is 1. The molecular formula is C17H23N4O3. The van der Waals surface area contributed by atoms with Crippen molar-refractivity contribution in [3.8, 4) is 0 Å². The van der Waals surface area contributed by atoms with Gasteiger partial charge in [0.2, 0.25) is 11.8 Å². The lowest BCUT2D eigenvalue weighted by Gasteiger charge is -2.39. The molecule has 1 radical (unpaired) electrons. The van der Waals surface area contributed by atoms with Crippen LogP contribution >= 0.6 is 0 Å². The Balaban J connectivity index is 1.61. The molecule has 2 unspecified atom stereocenters. The molecule has 2 fully saturated rings. The third kappa shape index (κ3) is 3.52. The van der Waals surface area contributed by atoms with E-state index in [0.717, 1.165) is 18.8 Å². The maximum atomic E-state index is 12.8. The van der Waals surface area contributed by atoms with Crippen molar-refractivity contribution in [1.82, 2.24) is 15.7 Å². The summed E-state index contributed by atoms with van der Waals surface area (Å²) in [5.74, 6) is -1.15. The minimum absolute atomic E-state index is 0.0654. The van der Waals surface area contributed by atoms with E-state index in [2.05, 4.69) is 22.3 Å². The Labute approximate surface area is 141 Å². The Bertz CT molecular complexity index is 572. The SMILES string of the molecule is O=C(NO)C1C[CH]CNC1C(=O)N1CCN(c2ccccc2)CC1. The van der Waals surface area contributed by atoms with Gasteiger partial charge in [-0.3, -0.25) is 14.8 Å². The van der Waals surface area contributed by atoms with Crippen LogP contribution in [0.1, 0.15) is 6.42 Å². The van der Waals surface area contributed by atoms with Gasteiger partial charge in [0, 0.05) is 31.9 Å². The Kier molecular flexibility index (Phi) is 5.32. The molecule has 1 aromatic carbocycles. The monoisotopic (exact) mass is 331 g/mol. The Morgan fingerprint density at radius 1 is 1.12 bits per heavy atom. The second-order valence-electron chi connectivity index (χ2n) is 6.14. The van der Waals surface area contributed by atoms with Crippen LogP contribution in [0.15, 0.2) is 30.3 Å². The van der Waals surface area contributed by atoms with Gasteiger partial charge in [-0.25, -0.2) is 5.48 Å². The van der Waals surface area contributed by atoms with Crippen LogP contribution in [0.5, 0.6) is 0 Å². The highest BCUT2D eigenvalue weighted by molar-refractivity contribution is 5.90. The van der Waals surface area contributed by atoms with Crippen molar-refractivity contribution in [3.05, 3.63) is 36.8 Å². The highest BCUT2D eigenvalue weighted by Crippen LogP contribution is 2.20. The molecule has 2 aliphatic rings. The first-order valence-corrected chi connectivity index (χ1v) is 8.28. The van der Waals surface area contributed by atoms with E-state index in [0.29, 0.717) is 26.1 Å². The summed E-state index contributed by atoms with van der Waals surface area (Å²) in [7, 11) is 0. The molecular weight excluding hydrogens is 308 g/mol. The fraction of sp³-hybridized carbons (Fsp3) is 0.471. The molecule has 129 valence electrons. The molecule has 2 heterocycles. The average molecular weight is 331 g/mol. The van der Waals surface area contributed by atoms with Gasteiger partial charge in [-0.05, 0) is 31.5 Å². The maximum absolute atomic E-state index is 12.8. The number of benzene rings is 1. The van der Waals surface area contributed by atoms with E-state index < -0.39 is 17.9 Å². The van der Waals surface area contributed by atoms with Crippen molar-refractivity contribution in [2.45, 2.75) is 12.5 Å². The van der Waals surface area contributed by atoms with Crippen LogP contribution in [0.2, 0.25) is 0 Å². The molecule has 1 aromatic rings. The standard InChI is InChI=1S/C17H23N4O3/c22-16(19-24)14-7-4-8-18-15(14)17(23)21-11-9-20(10-12-21)13-5-2-1-3-6-13/h1-6,14-15,18,24H,7-12H2,(H,19,22). The summed E-state index contributed by atoms with van der Waals surface area (Å²) in [6.07, 6.45) is 2.40. The van der Waals surface area contributed by atoms with Crippen LogP contribution in [0.25, 0.3) is 0 Å². The second kappa shape index (κ2) is 7.63. The first-order valence-electron chi connectivity index (χ1n) is 8.28. The fourth-order valence-corrected chi connectivity index (χ4v) is 3.37. The summed E-state index contributed by atoms with van der Waals surface area (Å²) < 4.78 is 0. The number of hydrogen-bond acceptors (Lipinski definition) is 5. The van der Waals surface area contributed by atoms with E-state index in [1.807, 2.05) is 24.6 Å². The summed E-state index contributed by atoms with van der Waals surface area (Å²) in [4.78, 5) is 28.7. The summed E-state index contributed by atoms with van der Waals surface area (Å²) in [6, 6.07) is 9.56. The Hall–Kier alpha value is -2.12. The van der Waals surface area contributed by atoms with Crippen LogP contribution in [-0.4, -0.2) is 60.7 Å². The quantitative estimate of drug-likeness (QED) is 0.537. The lowest BCUT2D eigenvalue weighted by Crippen LogP contribution is -2.59. The van der Waals surface area contributed by atoms with E-state index in [1.54, 1.807) is 10.4 Å². The van der Waals surface area contributed by atoms with Gasteiger partial charge in [-0.15, -0.1) is 0 Å². The van der Waals surface area contributed by atoms with Crippen molar-refractivity contribution in [2.24, 2.45) is 5.92 Å². The number of para-hydroxylation sites is 1. The molecule has 24 heavy (non-hydrogen) atoms. The third-order valence-electron chi connectivity index (χ3n) is 4.73. The van der Waals surface area contributed by atoms with Crippen molar-refractivity contribution >= 4 is 17.5 Å². The van der Waals surface area contributed by atoms with Crippen LogP contribution in [-0.2, 0) is 9.59 Å². The molecule has 2 amide bonds. The van der Waals surface area contributed by atoms with Crippen LogP contribution < -0.4 is 15.7 Å². The van der Waals surface area contributed by atoms with Crippen molar-refractivity contribution in [2.75, 3.05) is 37.6 Å². The lowest BCUT2D eigenvalue weighted by atomic mass is 9.89. The predicted molar refractivity (Wildman–Crippen MR) is 89.4 cm³/mol. The molecule has 3 rings (SSSR count). The van der Waals surface area contributed by atoms with Crippen molar-refractivity contribution in [1.29, 1.82) is 0 Å². The van der Waals surface area contributed by atoms with Gasteiger partial charge < -0.3 is 15.1 Å². The molecule has 0 bridgehead atoms. The number of carbonyl (C=O) groups is 2. The van der Waals surface area contributed by atoms with Crippen molar-refractivity contribution in [3.63, 3.8) is 0 Å². The fourth-order valence-electron chi connectivity index (χ4n) is 3.37. The lowest BCUT2D eigenvalue weighted by molar-refractivity contribution is -0.143. The number of hydroxylamine groups is 1. The Morgan fingerprint density at radius 3 is 2.50 bits per heavy atom. The topological polar surface area (TPSA) is 84.9 Å². The minimum Gasteiger partial charge on any atom is -0.368 e. The van der Waals surface area contributed by atoms with Crippen LogP contribution in [0.3, 0.4) is 0 Å². The minimum atomic E-state index is -0.578. The normalized spacial score (nSPS) is 24.5. The number of anilines is 1. The maximum Gasteiger partial charge on any atom is 0.248 e. The number of rotatable bonds is 3. The number of amides is 2. The first kappa shape index (κ1) is 16.7. The number of piperidine rings is 1. The molecule has 0 saturated carbocycles. The number of hydrogen-bond donors (Lipinski definition) is 3. The number of carbonyl (C=O) groups excluding carboxylic acids is 2. The molecule has 0 spiro atoms. The summed E-state index contributed by atoms with van der Waals surface area (Å²) in [6.45, 7) is 3.39. The van der Waals surface area contributed by atoms with Gasteiger partial charge in [0.25, 0.3) is 0 Å². The molecule has 2 aliphatic heterocycles. The highest BCUT2D eigenvalue weighted by Gasteiger charge is 2.38. The zero-order valence-corrected chi connectivity index (χ0v) is 13.5. The van der Waals surface area contributed by atoms with Gasteiger partial charge in [-0.1, -0.05) is 18.2 Å². The average Bonchev–Trinajstić information content (AvgIpc) is 2.67. The van der Waals surface area contributed by atoms with E-state index in [4.69, 9.17) is 5.21 Å². The van der Waals surface area contributed by atoms with Gasteiger partial charge in [0.15, 0.2) is 0 Å². The van der Waals surface area contributed by atoms with Crippen LogP contribution in [0, 0.1) is 12.3 Å².